The molecule has 0 saturated heterocycles. The van der Waals surface area contributed by atoms with E-state index in [0.717, 1.165) is 115 Å². The molecular formula is C117H190O4. The van der Waals surface area contributed by atoms with E-state index in [1.165, 1.54) is 224 Å². The van der Waals surface area contributed by atoms with Gasteiger partial charge in [0.05, 0.1) is 12.2 Å². The van der Waals surface area contributed by atoms with Crippen molar-refractivity contribution in [3.8, 4) is 0 Å². The number of aliphatic hydroxyl groups is 2. The molecular weight excluding hydrogens is 1470 g/mol. The molecule has 121 heavy (non-hydrogen) atoms. The molecule has 2 N–H and O–H groups in total. The summed E-state index contributed by atoms with van der Waals surface area (Å²) in [5, 5.41) is 21.7. The topological polar surface area (TPSA) is 74.6 Å². The van der Waals surface area contributed by atoms with Crippen molar-refractivity contribution >= 4 is 11.6 Å². The number of carbonyl (C=O) groups is 2. The SMILES string of the molecule is C=C(C)[C@@H]1CC[C@@H]2CC[C@]3(C)C(CCC4[C@@]5(C)CCC(=O)C(C)(C)C5CC[C@]43C)C21.CC1(C)CC[C@@H]2CC[C@@]3(C)C(=CCC4[C@@]5(C)CCC(=O)C(C)(C)C5CC[C@]43C)[C@@H]2C1.CC1(C)CC[C@@H]2CC[C@@]3(C)C(=CCC4[C@@]5(C)CC[C@H](O)C(C)(C)C5CC[C@]43C)[C@@H]2C1.CC1(C)CC[C@]2(C)CC[C@@]3(C)C(=CCC4[C@@]5(C)CC[C@H](O)C(C)(C)C5CC[C@]43C)[C@@H]2C1. The zero-order chi connectivity index (χ0) is 87.8. The van der Waals surface area contributed by atoms with Gasteiger partial charge in [-0.25, -0.2) is 0 Å². The molecule has 17 saturated carbocycles. The summed E-state index contributed by atoms with van der Waals surface area (Å²) < 4.78 is 0. The second kappa shape index (κ2) is 29.1. The molecule has 0 spiro atoms. The lowest BCUT2D eigenvalue weighted by Gasteiger charge is -2.71. The molecule has 0 radical (unpaired) electrons. The van der Waals surface area contributed by atoms with Crippen molar-refractivity contribution in [2.45, 2.75) is 463 Å². The highest BCUT2D eigenvalue weighted by molar-refractivity contribution is 5.86. The van der Waals surface area contributed by atoms with E-state index in [4.69, 9.17) is 0 Å². The molecule has 4 heteroatoms. The van der Waals surface area contributed by atoms with Crippen LogP contribution in [-0.2, 0) is 9.59 Å². The van der Waals surface area contributed by atoms with Crippen molar-refractivity contribution in [2.75, 3.05) is 0 Å². The van der Waals surface area contributed by atoms with Crippen LogP contribution in [0.2, 0.25) is 0 Å². The lowest BCUT2D eigenvalue weighted by atomic mass is 9.33. The van der Waals surface area contributed by atoms with Crippen LogP contribution >= 0.6 is 0 Å². The smallest absolute Gasteiger partial charge is 0.138 e. The number of carbonyl (C=O) groups excluding carboxylic acids is 2. The lowest BCUT2D eigenvalue weighted by molar-refractivity contribution is -0.225. The Bertz CT molecular complexity index is 4120. The van der Waals surface area contributed by atoms with Crippen molar-refractivity contribution in [2.24, 2.45) is 209 Å². The number of rotatable bonds is 1. The Balaban J connectivity index is 0.000000115. The summed E-state index contributed by atoms with van der Waals surface area (Å²) in [6.07, 6.45) is 60.7. The fourth-order valence-corrected chi connectivity index (χ4v) is 42.0. The molecule has 20 aliphatic rings. The Morgan fingerprint density at radius 2 is 0.694 bits per heavy atom. The fourth-order valence-electron chi connectivity index (χ4n) is 42.0. The van der Waals surface area contributed by atoms with Crippen LogP contribution in [0.1, 0.15) is 451 Å². The maximum Gasteiger partial charge on any atom is 0.138 e. The number of aliphatic hydroxyl groups excluding tert-OH is 2. The minimum Gasteiger partial charge on any atom is -0.393 e. The van der Waals surface area contributed by atoms with Gasteiger partial charge < -0.3 is 10.2 Å². The van der Waals surface area contributed by atoms with E-state index in [0.29, 0.717) is 122 Å². The largest absolute Gasteiger partial charge is 0.393 e. The van der Waals surface area contributed by atoms with E-state index in [1.807, 2.05) is 16.7 Å². The maximum atomic E-state index is 12.9. The molecule has 20 rings (SSSR count). The summed E-state index contributed by atoms with van der Waals surface area (Å²) in [6, 6.07) is 0. The molecule has 17 fully saturated rings. The first-order valence-electron chi connectivity index (χ1n) is 53.1. The van der Waals surface area contributed by atoms with Crippen molar-refractivity contribution < 1.29 is 19.8 Å². The van der Waals surface area contributed by atoms with Crippen LogP contribution in [0.5, 0.6) is 0 Å². The van der Waals surface area contributed by atoms with Gasteiger partial charge in [0.25, 0.3) is 0 Å². The van der Waals surface area contributed by atoms with Gasteiger partial charge in [0.1, 0.15) is 11.6 Å². The molecule has 4 nitrogen and oxygen atoms in total. The first-order valence-corrected chi connectivity index (χ1v) is 53.1. The number of fused-ring (bicyclic) bond motifs is 28. The van der Waals surface area contributed by atoms with E-state index >= 15 is 0 Å². The summed E-state index contributed by atoms with van der Waals surface area (Å²) in [5.74, 6) is 14.5. The Morgan fingerprint density at radius 3 is 1.15 bits per heavy atom. The first kappa shape index (κ1) is 91.1. The van der Waals surface area contributed by atoms with Gasteiger partial charge in [-0.15, -0.1) is 0 Å². The second-order valence-electron chi connectivity index (χ2n) is 57.7. The number of allylic oxidation sites excluding steroid dienone is 7. The minimum absolute atomic E-state index is 0.0533. The van der Waals surface area contributed by atoms with Gasteiger partial charge in [-0.05, 0) is 449 Å². The van der Waals surface area contributed by atoms with E-state index in [9.17, 15) is 19.8 Å². The Kier molecular flexibility index (Phi) is 21.9. The molecule has 0 aromatic rings. The maximum absolute atomic E-state index is 12.9. The van der Waals surface area contributed by atoms with E-state index in [1.54, 1.807) is 0 Å². The molecule has 20 aliphatic carbocycles. The Labute approximate surface area is 745 Å². The van der Waals surface area contributed by atoms with Gasteiger partial charge in [0.15, 0.2) is 0 Å². The molecule has 0 bridgehead atoms. The normalized spacial score (nSPS) is 53.9. The summed E-state index contributed by atoms with van der Waals surface area (Å²) in [5.41, 5.74) is 13.7. The summed E-state index contributed by atoms with van der Waals surface area (Å²) in [6.45, 7) is 75.1. The lowest BCUT2D eigenvalue weighted by Crippen LogP contribution is -2.65. The van der Waals surface area contributed by atoms with Gasteiger partial charge in [-0.2, -0.15) is 0 Å². The third-order valence-electron chi connectivity index (χ3n) is 50.4. The van der Waals surface area contributed by atoms with E-state index in [2.05, 4.69) is 219 Å². The van der Waals surface area contributed by atoms with Crippen LogP contribution < -0.4 is 0 Å². The monoisotopic (exact) mass is 1660 g/mol. The van der Waals surface area contributed by atoms with Gasteiger partial charge in [0, 0.05) is 23.7 Å². The molecule has 682 valence electrons. The second-order valence-corrected chi connectivity index (χ2v) is 57.7. The van der Waals surface area contributed by atoms with E-state index in [-0.39, 0.29) is 33.9 Å². The molecule has 0 aromatic carbocycles. The molecule has 0 aromatic heterocycles. The van der Waals surface area contributed by atoms with Crippen LogP contribution in [0.4, 0.5) is 0 Å². The van der Waals surface area contributed by atoms with Crippen molar-refractivity contribution in [3.63, 3.8) is 0 Å². The zero-order valence-corrected chi connectivity index (χ0v) is 84.4. The summed E-state index contributed by atoms with van der Waals surface area (Å²) in [7, 11) is 0. The molecule has 0 aliphatic heterocycles. The van der Waals surface area contributed by atoms with Gasteiger partial charge in [0.2, 0.25) is 0 Å². The molecule has 0 amide bonds. The molecule has 0 heterocycles. The standard InChI is InChI=1S/C30H50O.C29H48O.2C29H46O/c1-25(2)15-16-27(5)17-18-29(7)20(21(27)19-25)9-10-23-28(6)13-12-24(31)26(3,4)22(28)11-14-30(23,29)8;2*1-25(2)14-10-19-11-16-28(6)21(20(19)18-25)8-9-23-27(5)15-13-24(30)26(3,4)22(27)12-17-29(23,28)7;1-18(2)20-9-8-19-12-16-28(6)21(25(19)20)10-11-23-27(5)15-14-24(30)26(3,4)22(27)13-17-29(23,28)7/h9,21-24,31H,10-19H2,1-8H3;8,19-20,22-24,30H,9-18H2,1-7H3;8,19-20,22-23H,9-18H2,1-7H3;19-23,25H,1,8-17H2,2-7H3/t21-,22?,23?,24-,27+,28-,29-,30+;19-,20-,22?,23?,24+,27+,28+,29-;19-,20-,22?,23?,27+,28+,29-;19-,20+,21?,22?,23?,25?,27+,28-,29-/m0111/s1. The minimum atomic E-state index is -0.135. The predicted molar refractivity (Wildman–Crippen MR) is 507 cm³/mol. The van der Waals surface area contributed by atoms with Crippen LogP contribution in [0.15, 0.2) is 47.1 Å². The van der Waals surface area contributed by atoms with Crippen LogP contribution in [-0.4, -0.2) is 34.0 Å². The molecule has 10 unspecified atom stereocenters. The highest BCUT2D eigenvalue weighted by Gasteiger charge is 2.74. The summed E-state index contributed by atoms with van der Waals surface area (Å²) >= 11 is 0. The van der Waals surface area contributed by atoms with Crippen molar-refractivity contribution in [1.82, 2.24) is 0 Å². The van der Waals surface area contributed by atoms with Gasteiger partial charge in [-0.1, -0.05) is 234 Å². The average Bonchev–Trinajstić information content (AvgIpc) is 1.65. The fraction of sp³-hybridized carbons (Fsp3) is 0.915. The summed E-state index contributed by atoms with van der Waals surface area (Å²) in [4.78, 5) is 25.7. The van der Waals surface area contributed by atoms with Crippen molar-refractivity contribution in [3.05, 3.63) is 47.1 Å². The van der Waals surface area contributed by atoms with Crippen molar-refractivity contribution in [1.29, 1.82) is 0 Å². The van der Waals surface area contributed by atoms with E-state index < -0.39 is 0 Å². The highest BCUT2D eigenvalue weighted by atomic mass is 16.3. The third-order valence-corrected chi connectivity index (χ3v) is 50.4. The Hall–Kier alpha value is -1.78. The Morgan fingerprint density at radius 1 is 0.322 bits per heavy atom. The quantitative estimate of drug-likeness (QED) is 0.257. The average molecular weight is 1660 g/mol. The number of hydrogen-bond donors (Lipinski definition) is 2. The number of hydrogen-bond acceptors (Lipinski definition) is 4. The van der Waals surface area contributed by atoms with Gasteiger partial charge in [-0.3, -0.25) is 9.59 Å². The van der Waals surface area contributed by atoms with Crippen LogP contribution in [0.3, 0.4) is 0 Å². The number of ketones is 2. The molecule has 32 atom stereocenters. The number of Topliss-reactive ketones (excluding diaryl/α,β-unsaturated/α-hetero) is 2. The highest BCUT2D eigenvalue weighted by Crippen LogP contribution is 2.82. The van der Waals surface area contributed by atoms with Gasteiger partial charge >= 0.3 is 0 Å². The first-order chi connectivity index (χ1) is 55.9. The van der Waals surface area contributed by atoms with Crippen LogP contribution in [0, 0.1) is 209 Å². The van der Waals surface area contributed by atoms with Crippen LogP contribution in [0.25, 0.3) is 0 Å². The zero-order valence-electron chi connectivity index (χ0n) is 84.4. The predicted octanol–water partition coefficient (Wildman–Crippen LogP) is 31.8. The third kappa shape index (κ3) is 12.9.